The summed E-state index contributed by atoms with van der Waals surface area (Å²) in [4.78, 5) is 12.2. The highest BCUT2D eigenvalue weighted by Gasteiger charge is 2.16. The van der Waals surface area contributed by atoms with Gasteiger partial charge in [0.25, 0.3) is 0 Å². The first-order valence-electron chi connectivity index (χ1n) is 8.80. The van der Waals surface area contributed by atoms with Crippen LogP contribution in [0.1, 0.15) is 47.8 Å². The van der Waals surface area contributed by atoms with Crippen molar-refractivity contribution in [3.8, 4) is 0 Å². The minimum Gasteiger partial charge on any atom is -0.335 e. The van der Waals surface area contributed by atoms with Crippen molar-refractivity contribution in [2.24, 2.45) is 7.05 Å². The average Bonchev–Trinajstić information content (AvgIpc) is 2.95. The Bertz CT molecular complexity index is 758. The molecule has 0 saturated carbocycles. The average molecular weight is 346 g/mol. The number of aryl methyl sites for hydroxylation is 4. The van der Waals surface area contributed by atoms with E-state index in [9.17, 15) is 4.79 Å². The van der Waals surface area contributed by atoms with Crippen molar-refractivity contribution in [3.05, 3.63) is 33.9 Å². The van der Waals surface area contributed by atoms with Gasteiger partial charge in [0.15, 0.2) is 0 Å². The first kappa shape index (κ1) is 19.0. The number of hydrogen-bond donors (Lipinski definition) is 2. The first-order chi connectivity index (χ1) is 11.7. The molecule has 0 aromatic carbocycles. The maximum Gasteiger partial charge on any atom is 0.315 e. The molecule has 0 unspecified atom stereocenters. The van der Waals surface area contributed by atoms with Crippen molar-refractivity contribution >= 4 is 6.03 Å². The van der Waals surface area contributed by atoms with Crippen LogP contribution in [-0.4, -0.2) is 31.6 Å². The van der Waals surface area contributed by atoms with Gasteiger partial charge in [0, 0.05) is 43.1 Å². The number of aromatic nitrogens is 4. The van der Waals surface area contributed by atoms with Crippen molar-refractivity contribution in [2.45, 2.75) is 67.1 Å². The lowest BCUT2D eigenvalue weighted by molar-refractivity contribution is 0.237. The summed E-state index contributed by atoms with van der Waals surface area (Å²) in [5.41, 5.74) is 6.52. The van der Waals surface area contributed by atoms with E-state index in [0.29, 0.717) is 6.54 Å². The molecule has 0 radical (unpaired) electrons. The summed E-state index contributed by atoms with van der Waals surface area (Å²) in [5.74, 6) is 0. The lowest BCUT2D eigenvalue weighted by atomic mass is 10.1. The number of carbonyl (C=O) groups excluding carboxylic acids is 1. The van der Waals surface area contributed by atoms with Crippen molar-refractivity contribution in [1.29, 1.82) is 0 Å². The molecule has 2 rings (SSSR count). The highest BCUT2D eigenvalue weighted by molar-refractivity contribution is 5.74. The van der Waals surface area contributed by atoms with E-state index >= 15 is 0 Å². The summed E-state index contributed by atoms with van der Waals surface area (Å²) in [6.07, 6.45) is 0.769. The molecule has 0 aliphatic heterocycles. The molecule has 2 aromatic rings. The fraction of sp³-hybridized carbons (Fsp3) is 0.611. The van der Waals surface area contributed by atoms with Crippen molar-refractivity contribution < 1.29 is 4.79 Å². The molecule has 2 heterocycles. The van der Waals surface area contributed by atoms with Gasteiger partial charge in [0.2, 0.25) is 0 Å². The van der Waals surface area contributed by atoms with E-state index in [-0.39, 0.29) is 12.1 Å². The summed E-state index contributed by atoms with van der Waals surface area (Å²) < 4.78 is 3.84. The molecule has 0 saturated heterocycles. The lowest BCUT2D eigenvalue weighted by Gasteiger charge is -2.15. The SMILES string of the molecule is CCn1nc(C)c(CNC(=O)N[C@H](C)Cc2c(C)nn(C)c2C)c1C. The zero-order valence-electron chi connectivity index (χ0n) is 16.4. The second kappa shape index (κ2) is 7.72. The Balaban J connectivity index is 1.91. The molecule has 0 aliphatic rings. The van der Waals surface area contributed by atoms with Gasteiger partial charge in [-0.15, -0.1) is 0 Å². The Morgan fingerprint density at radius 2 is 1.72 bits per heavy atom. The predicted octanol–water partition coefficient (Wildman–Crippen LogP) is 2.30. The summed E-state index contributed by atoms with van der Waals surface area (Å²) in [7, 11) is 1.94. The summed E-state index contributed by atoms with van der Waals surface area (Å²) in [5, 5.41) is 14.9. The molecule has 2 aromatic heterocycles. The van der Waals surface area contributed by atoms with Gasteiger partial charge < -0.3 is 10.6 Å². The standard InChI is InChI=1S/C18H30N6O/c1-8-24-15(6)17(13(4)22-24)10-19-18(25)20-11(2)9-16-12(3)21-23(7)14(16)5/h11H,8-10H2,1-7H3,(H2,19,20,25)/t11-/m1/s1. The maximum atomic E-state index is 12.2. The molecular weight excluding hydrogens is 316 g/mol. The van der Waals surface area contributed by atoms with Gasteiger partial charge in [-0.25, -0.2) is 4.79 Å². The van der Waals surface area contributed by atoms with Gasteiger partial charge in [0.1, 0.15) is 0 Å². The normalized spacial score (nSPS) is 12.3. The third-order valence-corrected chi connectivity index (χ3v) is 4.80. The molecule has 2 amide bonds. The van der Waals surface area contributed by atoms with Crippen LogP contribution < -0.4 is 10.6 Å². The van der Waals surface area contributed by atoms with Gasteiger partial charge in [-0.05, 0) is 53.5 Å². The Hall–Kier alpha value is -2.31. The number of carbonyl (C=O) groups is 1. The molecule has 7 heteroatoms. The molecule has 0 bridgehead atoms. The molecule has 0 spiro atoms. The largest absolute Gasteiger partial charge is 0.335 e. The third kappa shape index (κ3) is 4.21. The number of urea groups is 1. The Labute approximate surface area is 149 Å². The minimum absolute atomic E-state index is 0.0298. The van der Waals surface area contributed by atoms with Crippen LogP contribution in [0.3, 0.4) is 0 Å². The molecular formula is C18H30N6O. The van der Waals surface area contributed by atoms with Crippen LogP contribution in [0.4, 0.5) is 4.79 Å². The Morgan fingerprint density at radius 3 is 2.24 bits per heavy atom. The minimum atomic E-state index is -0.158. The summed E-state index contributed by atoms with van der Waals surface area (Å²) in [6.45, 7) is 13.5. The van der Waals surface area contributed by atoms with E-state index in [0.717, 1.165) is 41.3 Å². The van der Waals surface area contributed by atoms with E-state index in [1.807, 2.05) is 44.1 Å². The third-order valence-electron chi connectivity index (χ3n) is 4.80. The van der Waals surface area contributed by atoms with E-state index in [1.54, 1.807) is 0 Å². The molecule has 2 N–H and O–H groups in total. The zero-order valence-corrected chi connectivity index (χ0v) is 16.4. The van der Waals surface area contributed by atoms with Crippen molar-refractivity contribution in [1.82, 2.24) is 30.2 Å². The smallest absolute Gasteiger partial charge is 0.315 e. The summed E-state index contributed by atoms with van der Waals surface area (Å²) in [6, 6.07) is -0.128. The lowest BCUT2D eigenvalue weighted by Crippen LogP contribution is -2.41. The second-order valence-electron chi connectivity index (χ2n) is 6.67. The quantitative estimate of drug-likeness (QED) is 0.842. The molecule has 0 aliphatic carbocycles. The molecule has 0 fully saturated rings. The van der Waals surface area contributed by atoms with E-state index in [1.165, 1.54) is 5.56 Å². The van der Waals surface area contributed by atoms with Crippen LogP contribution in [0.15, 0.2) is 0 Å². The highest BCUT2D eigenvalue weighted by atomic mass is 16.2. The Morgan fingerprint density at radius 1 is 1.08 bits per heavy atom. The molecule has 1 atom stereocenters. The maximum absolute atomic E-state index is 12.2. The van der Waals surface area contributed by atoms with Crippen LogP contribution in [0.2, 0.25) is 0 Å². The van der Waals surface area contributed by atoms with Gasteiger partial charge in [-0.1, -0.05) is 0 Å². The van der Waals surface area contributed by atoms with Gasteiger partial charge in [-0.3, -0.25) is 9.36 Å². The summed E-state index contributed by atoms with van der Waals surface area (Å²) >= 11 is 0. The number of hydrogen-bond acceptors (Lipinski definition) is 3. The van der Waals surface area contributed by atoms with E-state index in [4.69, 9.17) is 0 Å². The fourth-order valence-electron chi connectivity index (χ4n) is 3.21. The van der Waals surface area contributed by atoms with E-state index in [2.05, 4.69) is 34.7 Å². The Kier molecular flexibility index (Phi) is 5.87. The number of nitrogens with one attached hydrogen (secondary N) is 2. The highest BCUT2D eigenvalue weighted by Crippen LogP contribution is 2.14. The number of rotatable bonds is 6. The van der Waals surface area contributed by atoms with Crippen LogP contribution in [0.5, 0.6) is 0 Å². The molecule has 138 valence electrons. The van der Waals surface area contributed by atoms with E-state index < -0.39 is 0 Å². The van der Waals surface area contributed by atoms with Crippen molar-refractivity contribution in [3.63, 3.8) is 0 Å². The monoisotopic (exact) mass is 346 g/mol. The van der Waals surface area contributed by atoms with Crippen LogP contribution in [0, 0.1) is 27.7 Å². The van der Waals surface area contributed by atoms with Crippen molar-refractivity contribution in [2.75, 3.05) is 0 Å². The second-order valence-corrected chi connectivity index (χ2v) is 6.67. The number of nitrogens with zero attached hydrogens (tertiary/aromatic N) is 4. The fourth-order valence-corrected chi connectivity index (χ4v) is 3.21. The van der Waals surface area contributed by atoms with Gasteiger partial charge in [-0.2, -0.15) is 10.2 Å². The molecule has 7 nitrogen and oxygen atoms in total. The molecule has 25 heavy (non-hydrogen) atoms. The topological polar surface area (TPSA) is 76.8 Å². The van der Waals surface area contributed by atoms with Crippen LogP contribution >= 0.6 is 0 Å². The zero-order chi connectivity index (χ0) is 18.7. The van der Waals surface area contributed by atoms with Gasteiger partial charge >= 0.3 is 6.03 Å². The number of amides is 2. The van der Waals surface area contributed by atoms with Crippen LogP contribution in [-0.2, 0) is 26.6 Å². The first-order valence-corrected chi connectivity index (χ1v) is 8.80. The predicted molar refractivity (Wildman–Crippen MR) is 98.6 cm³/mol. The van der Waals surface area contributed by atoms with Crippen LogP contribution in [0.25, 0.3) is 0 Å². The van der Waals surface area contributed by atoms with Gasteiger partial charge in [0.05, 0.1) is 11.4 Å².